The van der Waals surface area contributed by atoms with Crippen molar-refractivity contribution in [3.05, 3.63) is 37.2 Å². The zero-order chi connectivity index (χ0) is 13.0. The van der Waals surface area contributed by atoms with Crippen LogP contribution in [0.25, 0.3) is 0 Å². The highest BCUT2D eigenvalue weighted by Crippen LogP contribution is 2.20. The molecule has 18 heavy (non-hydrogen) atoms. The minimum Gasteiger partial charge on any atom is -0.323 e. The first-order chi connectivity index (χ1) is 8.63. The molecule has 0 aliphatic rings. The number of nitrogen functional groups attached to an aromatic ring is 1. The zero-order valence-corrected chi connectivity index (χ0v) is 9.92. The summed E-state index contributed by atoms with van der Waals surface area (Å²) in [6, 6.07) is 1.45. The SMILES string of the molecule is NNc1ccncc1S(=O)(=O)Nc1cncnc1. The topological polar surface area (TPSA) is 123 Å². The third kappa shape index (κ3) is 2.52. The van der Waals surface area contributed by atoms with E-state index in [2.05, 4.69) is 25.1 Å². The van der Waals surface area contributed by atoms with Crippen LogP contribution in [0.1, 0.15) is 0 Å². The molecule has 2 heterocycles. The third-order valence-electron chi connectivity index (χ3n) is 2.04. The molecule has 0 aliphatic carbocycles. The molecule has 2 aromatic heterocycles. The van der Waals surface area contributed by atoms with Gasteiger partial charge in [0.1, 0.15) is 11.2 Å². The molecule has 0 radical (unpaired) electrons. The Hall–Kier alpha value is -2.26. The Kier molecular flexibility index (Phi) is 3.35. The molecular formula is C9H10N6O2S. The van der Waals surface area contributed by atoms with Gasteiger partial charge in [0, 0.05) is 12.4 Å². The Bertz CT molecular complexity index is 631. The van der Waals surface area contributed by atoms with Gasteiger partial charge in [-0.3, -0.25) is 15.5 Å². The number of hydrogen-bond acceptors (Lipinski definition) is 7. The highest BCUT2D eigenvalue weighted by atomic mass is 32.2. The quantitative estimate of drug-likeness (QED) is 0.524. The normalized spacial score (nSPS) is 10.9. The second kappa shape index (κ2) is 4.94. The number of sulfonamides is 1. The van der Waals surface area contributed by atoms with Gasteiger partial charge in [0.25, 0.3) is 10.0 Å². The number of nitrogens with two attached hydrogens (primary N) is 1. The van der Waals surface area contributed by atoms with E-state index in [1.807, 2.05) is 0 Å². The lowest BCUT2D eigenvalue weighted by Crippen LogP contribution is -2.18. The van der Waals surface area contributed by atoms with Crippen LogP contribution in [-0.4, -0.2) is 23.4 Å². The summed E-state index contributed by atoms with van der Waals surface area (Å²) in [6.07, 6.45) is 6.61. The van der Waals surface area contributed by atoms with E-state index in [0.29, 0.717) is 0 Å². The zero-order valence-electron chi connectivity index (χ0n) is 9.11. The van der Waals surface area contributed by atoms with E-state index in [0.717, 1.165) is 0 Å². The van der Waals surface area contributed by atoms with Gasteiger partial charge >= 0.3 is 0 Å². The molecule has 94 valence electrons. The van der Waals surface area contributed by atoms with Crippen LogP contribution in [0, 0.1) is 0 Å². The summed E-state index contributed by atoms with van der Waals surface area (Å²) in [5, 5.41) is 0. The molecule has 0 atom stereocenters. The predicted molar refractivity (Wildman–Crippen MR) is 64.9 cm³/mol. The van der Waals surface area contributed by atoms with Gasteiger partial charge in [0.15, 0.2) is 0 Å². The summed E-state index contributed by atoms with van der Waals surface area (Å²) in [5.74, 6) is 5.25. The second-order valence-corrected chi connectivity index (χ2v) is 4.90. The number of pyridine rings is 1. The predicted octanol–water partition coefficient (Wildman–Crippen LogP) is -0.0420. The van der Waals surface area contributed by atoms with E-state index in [1.165, 1.54) is 37.2 Å². The first-order valence-electron chi connectivity index (χ1n) is 4.82. The Morgan fingerprint density at radius 2 is 1.83 bits per heavy atom. The fourth-order valence-electron chi connectivity index (χ4n) is 1.28. The highest BCUT2D eigenvalue weighted by Gasteiger charge is 2.18. The molecule has 0 bridgehead atoms. The molecule has 2 rings (SSSR count). The maximum atomic E-state index is 12.1. The average Bonchev–Trinajstić information content (AvgIpc) is 2.39. The molecule has 0 saturated carbocycles. The number of nitrogens with one attached hydrogen (secondary N) is 2. The van der Waals surface area contributed by atoms with Gasteiger partial charge in [-0.25, -0.2) is 18.4 Å². The Morgan fingerprint density at radius 3 is 2.50 bits per heavy atom. The number of rotatable bonds is 4. The van der Waals surface area contributed by atoms with Crippen LogP contribution in [0.15, 0.2) is 42.1 Å². The molecule has 0 unspecified atom stereocenters. The first kappa shape index (κ1) is 12.2. The Labute approximate surface area is 103 Å². The van der Waals surface area contributed by atoms with Crippen LogP contribution < -0.4 is 16.0 Å². The van der Waals surface area contributed by atoms with Crippen LogP contribution >= 0.6 is 0 Å². The third-order valence-corrected chi connectivity index (χ3v) is 3.45. The lowest BCUT2D eigenvalue weighted by molar-refractivity contribution is 0.601. The monoisotopic (exact) mass is 266 g/mol. The van der Waals surface area contributed by atoms with Gasteiger partial charge in [0.2, 0.25) is 0 Å². The molecule has 0 saturated heterocycles. The standard InChI is InChI=1S/C9H10N6O2S/c10-14-8-1-2-11-5-9(8)18(16,17)15-7-3-12-6-13-4-7/h1-6,15H,10H2,(H,11,14). The van der Waals surface area contributed by atoms with Crippen LogP contribution in [0.4, 0.5) is 11.4 Å². The van der Waals surface area contributed by atoms with Crippen LogP contribution in [0.5, 0.6) is 0 Å². The van der Waals surface area contributed by atoms with Crippen molar-refractivity contribution in [3.8, 4) is 0 Å². The number of hydrazine groups is 1. The summed E-state index contributed by atoms with van der Waals surface area (Å²) in [6.45, 7) is 0. The molecule has 0 fully saturated rings. The van der Waals surface area contributed by atoms with Crippen molar-refractivity contribution in [3.63, 3.8) is 0 Å². The molecule has 0 amide bonds. The molecule has 0 aliphatic heterocycles. The van der Waals surface area contributed by atoms with Gasteiger partial charge in [-0.1, -0.05) is 0 Å². The maximum absolute atomic E-state index is 12.1. The van der Waals surface area contributed by atoms with Crippen molar-refractivity contribution in [1.29, 1.82) is 0 Å². The van der Waals surface area contributed by atoms with Crippen molar-refractivity contribution in [2.24, 2.45) is 5.84 Å². The van der Waals surface area contributed by atoms with Gasteiger partial charge in [-0.05, 0) is 6.07 Å². The molecule has 2 aromatic rings. The lowest BCUT2D eigenvalue weighted by Gasteiger charge is -2.10. The molecule has 9 heteroatoms. The van der Waals surface area contributed by atoms with Gasteiger partial charge in [0.05, 0.1) is 23.8 Å². The molecule has 4 N–H and O–H groups in total. The van der Waals surface area contributed by atoms with E-state index in [4.69, 9.17) is 5.84 Å². The Balaban J connectivity index is 2.37. The highest BCUT2D eigenvalue weighted by molar-refractivity contribution is 7.92. The second-order valence-electron chi connectivity index (χ2n) is 3.25. The van der Waals surface area contributed by atoms with Crippen molar-refractivity contribution >= 4 is 21.4 Å². The summed E-state index contributed by atoms with van der Waals surface area (Å²) in [5.41, 5.74) is 2.80. The maximum Gasteiger partial charge on any atom is 0.265 e. The van der Waals surface area contributed by atoms with Gasteiger partial charge in [-0.2, -0.15) is 0 Å². The van der Waals surface area contributed by atoms with Gasteiger partial charge < -0.3 is 5.43 Å². The summed E-state index contributed by atoms with van der Waals surface area (Å²) >= 11 is 0. The van der Waals surface area contributed by atoms with E-state index in [1.54, 1.807) is 0 Å². The number of hydrogen-bond donors (Lipinski definition) is 3. The summed E-state index contributed by atoms with van der Waals surface area (Å²) in [4.78, 5) is 11.1. The average molecular weight is 266 g/mol. The largest absolute Gasteiger partial charge is 0.323 e. The van der Waals surface area contributed by atoms with Crippen molar-refractivity contribution < 1.29 is 8.42 Å². The smallest absolute Gasteiger partial charge is 0.265 e. The minimum atomic E-state index is -3.79. The summed E-state index contributed by atoms with van der Waals surface area (Å²) < 4.78 is 26.5. The summed E-state index contributed by atoms with van der Waals surface area (Å²) in [7, 11) is -3.79. The van der Waals surface area contributed by atoms with Crippen LogP contribution in [0.3, 0.4) is 0 Å². The van der Waals surface area contributed by atoms with E-state index in [-0.39, 0.29) is 16.3 Å². The van der Waals surface area contributed by atoms with Crippen molar-refractivity contribution in [2.45, 2.75) is 4.90 Å². The molecule has 8 nitrogen and oxygen atoms in total. The lowest BCUT2D eigenvalue weighted by atomic mass is 10.4. The Morgan fingerprint density at radius 1 is 1.11 bits per heavy atom. The number of anilines is 2. The van der Waals surface area contributed by atoms with E-state index < -0.39 is 10.0 Å². The first-order valence-corrected chi connectivity index (χ1v) is 6.30. The molecule has 0 aromatic carbocycles. The number of nitrogens with zero attached hydrogens (tertiary/aromatic N) is 3. The van der Waals surface area contributed by atoms with Crippen molar-refractivity contribution in [1.82, 2.24) is 15.0 Å². The van der Waals surface area contributed by atoms with Crippen molar-refractivity contribution in [2.75, 3.05) is 10.1 Å². The van der Waals surface area contributed by atoms with Crippen LogP contribution in [-0.2, 0) is 10.0 Å². The minimum absolute atomic E-state index is 0.0589. The fraction of sp³-hybridized carbons (Fsp3) is 0. The molecular weight excluding hydrogens is 256 g/mol. The number of aromatic nitrogens is 3. The van der Waals surface area contributed by atoms with Crippen LogP contribution in [0.2, 0.25) is 0 Å². The van der Waals surface area contributed by atoms with E-state index in [9.17, 15) is 8.42 Å². The van der Waals surface area contributed by atoms with E-state index >= 15 is 0 Å². The van der Waals surface area contributed by atoms with Gasteiger partial charge in [-0.15, -0.1) is 0 Å². The molecule has 0 spiro atoms. The fourth-order valence-corrected chi connectivity index (χ4v) is 2.42.